The standard InChI is InChI=1S/C25H30N6/c1-20(16-26)29(2)19-21-5-3-6-22(15-21)23-8-9-25(28-17-23)31-13-11-30(12-14-31)24-7-4-10-27-18-24/h3-10,15,17-18H,1,11-14,16,19,26H2,2H3. The van der Waals surface area contributed by atoms with Crippen molar-refractivity contribution in [2.24, 2.45) is 5.73 Å². The van der Waals surface area contributed by atoms with Crippen molar-refractivity contribution in [1.29, 1.82) is 0 Å². The minimum atomic E-state index is 0.470. The summed E-state index contributed by atoms with van der Waals surface area (Å²) in [7, 11) is 2.02. The summed E-state index contributed by atoms with van der Waals surface area (Å²) >= 11 is 0. The minimum Gasteiger partial charge on any atom is -0.373 e. The van der Waals surface area contributed by atoms with Gasteiger partial charge < -0.3 is 20.4 Å². The highest BCUT2D eigenvalue weighted by Gasteiger charge is 2.18. The van der Waals surface area contributed by atoms with Gasteiger partial charge >= 0.3 is 0 Å². The molecule has 160 valence electrons. The highest BCUT2D eigenvalue weighted by atomic mass is 15.3. The second-order valence-electron chi connectivity index (χ2n) is 7.92. The van der Waals surface area contributed by atoms with Gasteiger partial charge in [0.15, 0.2) is 0 Å². The number of pyridine rings is 2. The maximum Gasteiger partial charge on any atom is 0.128 e. The number of benzene rings is 1. The summed E-state index contributed by atoms with van der Waals surface area (Å²) in [6.07, 6.45) is 5.72. The van der Waals surface area contributed by atoms with Crippen LogP contribution in [-0.4, -0.2) is 54.6 Å². The average Bonchev–Trinajstić information content (AvgIpc) is 2.84. The average molecular weight is 415 g/mol. The van der Waals surface area contributed by atoms with Gasteiger partial charge in [-0.3, -0.25) is 4.98 Å². The number of piperazine rings is 1. The SMILES string of the molecule is C=C(CN)N(C)Cc1cccc(-c2ccc(N3CCN(c4cccnc4)CC3)nc2)c1. The third kappa shape index (κ3) is 5.03. The van der Waals surface area contributed by atoms with Crippen LogP contribution in [0.25, 0.3) is 11.1 Å². The minimum absolute atomic E-state index is 0.470. The molecule has 0 atom stereocenters. The molecule has 3 heterocycles. The van der Waals surface area contributed by atoms with E-state index in [2.05, 4.69) is 68.7 Å². The largest absolute Gasteiger partial charge is 0.373 e. The van der Waals surface area contributed by atoms with E-state index in [-0.39, 0.29) is 0 Å². The quantitative estimate of drug-likeness (QED) is 0.640. The molecule has 1 aromatic carbocycles. The third-order valence-electron chi connectivity index (χ3n) is 5.82. The lowest BCUT2D eigenvalue weighted by Crippen LogP contribution is -2.46. The molecule has 0 bridgehead atoms. The lowest BCUT2D eigenvalue weighted by Gasteiger charge is -2.36. The molecule has 0 amide bonds. The highest BCUT2D eigenvalue weighted by molar-refractivity contribution is 5.65. The molecule has 0 saturated carbocycles. The molecule has 6 nitrogen and oxygen atoms in total. The van der Waals surface area contributed by atoms with Crippen LogP contribution in [0.5, 0.6) is 0 Å². The number of aromatic nitrogens is 2. The monoisotopic (exact) mass is 414 g/mol. The van der Waals surface area contributed by atoms with Crippen molar-refractivity contribution in [2.75, 3.05) is 49.6 Å². The molecule has 6 heteroatoms. The van der Waals surface area contributed by atoms with E-state index in [0.717, 1.165) is 49.8 Å². The Balaban J connectivity index is 1.40. The Morgan fingerprint density at radius 3 is 2.48 bits per heavy atom. The summed E-state index contributed by atoms with van der Waals surface area (Å²) in [5.74, 6) is 1.03. The molecule has 1 aliphatic rings. The van der Waals surface area contributed by atoms with E-state index in [1.165, 1.54) is 16.8 Å². The van der Waals surface area contributed by atoms with Crippen LogP contribution in [0.1, 0.15) is 5.56 Å². The van der Waals surface area contributed by atoms with E-state index in [4.69, 9.17) is 10.7 Å². The number of anilines is 2. The predicted octanol–water partition coefficient (Wildman–Crippen LogP) is 3.37. The first-order valence-electron chi connectivity index (χ1n) is 10.7. The third-order valence-corrected chi connectivity index (χ3v) is 5.82. The fourth-order valence-electron chi connectivity index (χ4n) is 3.87. The summed E-state index contributed by atoms with van der Waals surface area (Å²) in [5, 5.41) is 0. The van der Waals surface area contributed by atoms with E-state index < -0.39 is 0 Å². The Kier molecular flexibility index (Phi) is 6.48. The first kappa shape index (κ1) is 20.9. The van der Waals surface area contributed by atoms with Gasteiger partial charge in [0.05, 0.1) is 11.9 Å². The lowest BCUT2D eigenvalue weighted by atomic mass is 10.0. The molecule has 0 radical (unpaired) electrons. The van der Waals surface area contributed by atoms with Crippen molar-refractivity contribution in [1.82, 2.24) is 14.9 Å². The van der Waals surface area contributed by atoms with Crippen molar-refractivity contribution in [2.45, 2.75) is 6.54 Å². The molecular formula is C25H30N6. The number of hydrogen-bond donors (Lipinski definition) is 1. The van der Waals surface area contributed by atoms with Gasteiger partial charge in [0.2, 0.25) is 0 Å². The Bertz CT molecular complexity index is 994. The first-order valence-corrected chi connectivity index (χ1v) is 10.7. The number of rotatable bonds is 7. The van der Waals surface area contributed by atoms with Gasteiger partial charge in [-0.1, -0.05) is 24.8 Å². The zero-order valence-corrected chi connectivity index (χ0v) is 18.1. The molecule has 1 saturated heterocycles. The molecule has 31 heavy (non-hydrogen) atoms. The van der Waals surface area contributed by atoms with Gasteiger partial charge in [-0.2, -0.15) is 0 Å². The molecule has 0 aliphatic carbocycles. The van der Waals surface area contributed by atoms with Crippen LogP contribution in [0.15, 0.2) is 79.4 Å². The van der Waals surface area contributed by atoms with Gasteiger partial charge in [0.1, 0.15) is 5.82 Å². The smallest absolute Gasteiger partial charge is 0.128 e. The number of nitrogens with zero attached hydrogens (tertiary/aromatic N) is 5. The first-order chi connectivity index (χ1) is 15.1. The maximum absolute atomic E-state index is 5.70. The van der Waals surface area contributed by atoms with Crippen LogP contribution in [0.2, 0.25) is 0 Å². The van der Waals surface area contributed by atoms with E-state index >= 15 is 0 Å². The number of likely N-dealkylation sites (N-methyl/N-ethyl adjacent to an activating group) is 1. The fraction of sp³-hybridized carbons (Fsp3) is 0.280. The van der Waals surface area contributed by atoms with Crippen LogP contribution in [0.3, 0.4) is 0 Å². The van der Waals surface area contributed by atoms with E-state index in [9.17, 15) is 0 Å². The second kappa shape index (κ2) is 9.62. The van der Waals surface area contributed by atoms with Crippen LogP contribution in [0, 0.1) is 0 Å². The van der Waals surface area contributed by atoms with Crippen molar-refractivity contribution >= 4 is 11.5 Å². The second-order valence-corrected chi connectivity index (χ2v) is 7.92. The molecule has 4 rings (SSSR count). The maximum atomic E-state index is 5.70. The Morgan fingerprint density at radius 2 is 1.81 bits per heavy atom. The Morgan fingerprint density at radius 1 is 1.00 bits per heavy atom. The molecule has 0 spiro atoms. The summed E-state index contributed by atoms with van der Waals surface area (Å²) in [6, 6.07) is 17.0. The van der Waals surface area contributed by atoms with E-state index in [1.54, 1.807) is 0 Å². The summed E-state index contributed by atoms with van der Waals surface area (Å²) in [4.78, 5) is 15.8. The van der Waals surface area contributed by atoms with Crippen molar-refractivity contribution in [3.63, 3.8) is 0 Å². The van der Waals surface area contributed by atoms with Crippen LogP contribution < -0.4 is 15.5 Å². The predicted molar refractivity (Wildman–Crippen MR) is 128 cm³/mol. The van der Waals surface area contributed by atoms with Crippen molar-refractivity contribution in [3.8, 4) is 11.1 Å². The van der Waals surface area contributed by atoms with Crippen LogP contribution in [-0.2, 0) is 6.54 Å². The lowest BCUT2D eigenvalue weighted by molar-refractivity contribution is 0.407. The molecule has 1 fully saturated rings. The molecule has 2 N–H and O–H groups in total. The summed E-state index contributed by atoms with van der Waals surface area (Å²) < 4.78 is 0. The van der Waals surface area contributed by atoms with Gasteiger partial charge in [0, 0.05) is 70.0 Å². The van der Waals surface area contributed by atoms with Gasteiger partial charge in [-0.25, -0.2) is 4.98 Å². The highest BCUT2D eigenvalue weighted by Crippen LogP contribution is 2.24. The van der Waals surface area contributed by atoms with Gasteiger partial charge in [-0.05, 0) is 41.5 Å². The molecule has 1 aliphatic heterocycles. The Hall–Kier alpha value is -3.38. The molecule has 0 unspecified atom stereocenters. The zero-order valence-electron chi connectivity index (χ0n) is 18.1. The van der Waals surface area contributed by atoms with Crippen molar-refractivity contribution < 1.29 is 0 Å². The zero-order chi connectivity index (χ0) is 21.6. The fourth-order valence-corrected chi connectivity index (χ4v) is 3.87. The van der Waals surface area contributed by atoms with E-state index in [1.807, 2.05) is 31.7 Å². The van der Waals surface area contributed by atoms with E-state index in [0.29, 0.717) is 6.54 Å². The summed E-state index contributed by atoms with van der Waals surface area (Å²) in [6.45, 7) is 9.11. The topological polar surface area (TPSA) is 61.5 Å². The molecule has 2 aromatic heterocycles. The molecular weight excluding hydrogens is 384 g/mol. The molecule has 3 aromatic rings. The van der Waals surface area contributed by atoms with Gasteiger partial charge in [-0.15, -0.1) is 0 Å². The van der Waals surface area contributed by atoms with Crippen LogP contribution >= 0.6 is 0 Å². The normalized spacial score (nSPS) is 13.9. The number of hydrogen-bond acceptors (Lipinski definition) is 6. The van der Waals surface area contributed by atoms with Crippen molar-refractivity contribution in [3.05, 3.63) is 85.0 Å². The Labute approximate surface area is 184 Å². The number of nitrogens with two attached hydrogens (primary N) is 1. The summed E-state index contributed by atoms with van der Waals surface area (Å²) in [5.41, 5.74) is 11.3. The van der Waals surface area contributed by atoms with Crippen LogP contribution in [0.4, 0.5) is 11.5 Å². The van der Waals surface area contributed by atoms with Gasteiger partial charge in [0.25, 0.3) is 0 Å².